The van der Waals surface area contributed by atoms with Gasteiger partial charge in [0.05, 0.1) is 19.1 Å². The largest absolute Gasteiger partial charge is 0.352 e. The molecule has 1 aliphatic carbocycles. The third kappa shape index (κ3) is 5.13. The summed E-state index contributed by atoms with van der Waals surface area (Å²) in [5.74, 6) is -2.25. The van der Waals surface area contributed by atoms with Crippen molar-refractivity contribution >= 4 is 11.8 Å². The zero-order chi connectivity index (χ0) is 18.7. The molecule has 2 heterocycles. The van der Waals surface area contributed by atoms with Crippen LogP contribution < -0.4 is 10.6 Å². The van der Waals surface area contributed by atoms with Gasteiger partial charge in [-0.3, -0.25) is 19.8 Å². The van der Waals surface area contributed by atoms with Crippen LogP contribution in [0.25, 0.3) is 0 Å². The molecule has 1 atom stereocenters. The molecule has 6 nitrogen and oxygen atoms in total. The van der Waals surface area contributed by atoms with Crippen molar-refractivity contribution in [1.29, 1.82) is 0 Å². The van der Waals surface area contributed by atoms with E-state index in [4.69, 9.17) is 0 Å². The monoisotopic (exact) mass is 372 g/mol. The standard InChI is InChI=1S/C18H30F2N4O2/c1-13-2-4-14(5-3-13)22-16(25)11-23-6-8-24(9-7-23)17(26)15-10-18(19,20)12-21-15/h13-15,21H,2-12H2,1H3,(H,22,25). The van der Waals surface area contributed by atoms with Gasteiger partial charge in [-0.1, -0.05) is 6.92 Å². The molecular weight excluding hydrogens is 342 g/mol. The maximum atomic E-state index is 13.3. The molecule has 2 N–H and O–H groups in total. The SMILES string of the molecule is CC1CCC(NC(=O)CN2CCN(C(=O)C3CC(F)(F)CN3)CC2)CC1. The highest BCUT2D eigenvalue weighted by Gasteiger charge is 2.43. The number of hydrogen-bond donors (Lipinski definition) is 2. The summed E-state index contributed by atoms with van der Waals surface area (Å²) < 4.78 is 26.5. The zero-order valence-electron chi connectivity index (χ0n) is 15.5. The van der Waals surface area contributed by atoms with Crippen molar-refractivity contribution in [3.8, 4) is 0 Å². The normalized spacial score (nSPS) is 32.4. The first-order chi connectivity index (χ1) is 12.3. The van der Waals surface area contributed by atoms with Crippen molar-refractivity contribution in [2.75, 3.05) is 39.3 Å². The number of halogens is 2. The summed E-state index contributed by atoms with van der Waals surface area (Å²) in [5, 5.41) is 5.74. The van der Waals surface area contributed by atoms with E-state index in [9.17, 15) is 18.4 Å². The van der Waals surface area contributed by atoms with Crippen LogP contribution in [0, 0.1) is 5.92 Å². The molecule has 8 heteroatoms. The van der Waals surface area contributed by atoms with Crippen molar-refractivity contribution in [3.63, 3.8) is 0 Å². The van der Waals surface area contributed by atoms with E-state index in [0.29, 0.717) is 32.7 Å². The first-order valence-electron chi connectivity index (χ1n) is 9.74. The number of rotatable bonds is 4. The molecule has 0 radical (unpaired) electrons. The Kier molecular flexibility index (Phi) is 6.12. The topological polar surface area (TPSA) is 64.7 Å². The van der Waals surface area contributed by atoms with Crippen LogP contribution in [0.3, 0.4) is 0 Å². The third-order valence-corrected chi connectivity index (χ3v) is 5.84. The smallest absolute Gasteiger partial charge is 0.262 e. The van der Waals surface area contributed by atoms with Gasteiger partial charge in [0.1, 0.15) is 0 Å². The molecule has 1 unspecified atom stereocenters. The Bertz CT molecular complexity index is 515. The summed E-state index contributed by atoms with van der Waals surface area (Å²) in [6.07, 6.45) is 4.01. The van der Waals surface area contributed by atoms with Gasteiger partial charge in [-0.15, -0.1) is 0 Å². The van der Waals surface area contributed by atoms with E-state index in [0.717, 1.165) is 18.8 Å². The number of piperazine rings is 1. The fourth-order valence-electron chi connectivity index (χ4n) is 4.12. The molecule has 0 aromatic rings. The molecule has 2 amide bonds. The summed E-state index contributed by atoms with van der Waals surface area (Å²) in [6, 6.07) is -0.495. The second-order valence-corrected chi connectivity index (χ2v) is 8.12. The lowest BCUT2D eigenvalue weighted by molar-refractivity contribution is -0.135. The number of amides is 2. The van der Waals surface area contributed by atoms with Gasteiger partial charge in [-0.2, -0.15) is 0 Å². The summed E-state index contributed by atoms with van der Waals surface area (Å²) in [7, 11) is 0. The maximum absolute atomic E-state index is 13.3. The van der Waals surface area contributed by atoms with Crippen molar-refractivity contribution < 1.29 is 18.4 Å². The van der Waals surface area contributed by atoms with Crippen molar-refractivity contribution in [2.24, 2.45) is 5.92 Å². The molecule has 26 heavy (non-hydrogen) atoms. The Hall–Kier alpha value is -1.28. The summed E-state index contributed by atoms with van der Waals surface area (Å²) in [6.45, 7) is 4.33. The van der Waals surface area contributed by atoms with Crippen LogP contribution >= 0.6 is 0 Å². The molecule has 0 aromatic carbocycles. The van der Waals surface area contributed by atoms with Crippen molar-refractivity contribution in [3.05, 3.63) is 0 Å². The van der Waals surface area contributed by atoms with E-state index >= 15 is 0 Å². The first-order valence-corrected chi connectivity index (χ1v) is 9.74. The lowest BCUT2D eigenvalue weighted by Crippen LogP contribution is -2.54. The van der Waals surface area contributed by atoms with E-state index < -0.39 is 24.9 Å². The van der Waals surface area contributed by atoms with E-state index in [-0.39, 0.29) is 17.9 Å². The van der Waals surface area contributed by atoms with Crippen LogP contribution in [0.4, 0.5) is 8.78 Å². The van der Waals surface area contributed by atoms with Gasteiger partial charge in [0.15, 0.2) is 0 Å². The lowest BCUT2D eigenvalue weighted by atomic mass is 9.87. The molecule has 3 aliphatic rings. The van der Waals surface area contributed by atoms with Crippen LogP contribution in [0.2, 0.25) is 0 Å². The molecular formula is C18H30F2N4O2. The molecule has 3 rings (SSSR count). The zero-order valence-corrected chi connectivity index (χ0v) is 15.5. The van der Waals surface area contributed by atoms with Crippen LogP contribution in [0.1, 0.15) is 39.0 Å². The van der Waals surface area contributed by atoms with Gasteiger partial charge < -0.3 is 10.2 Å². The highest BCUT2D eigenvalue weighted by atomic mass is 19.3. The summed E-state index contributed by atoms with van der Waals surface area (Å²) in [4.78, 5) is 28.2. The van der Waals surface area contributed by atoms with Gasteiger partial charge in [-0.25, -0.2) is 8.78 Å². The molecule has 148 valence electrons. The molecule has 3 fully saturated rings. The van der Waals surface area contributed by atoms with E-state index in [1.54, 1.807) is 4.90 Å². The number of alkyl halides is 2. The van der Waals surface area contributed by atoms with Gasteiger partial charge in [0, 0.05) is 38.6 Å². The number of nitrogens with one attached hydrogen (secondary N) is 2. The molecule has 0 aromatic heterocycles. The van der Waals surface area contributed by atoms with E-state index in [1.807, 2.05) is 4.90 Å². The van der Waals surface area contributed by atoms with E-state index in [2.05, 4.69) is 17.6 Å². The van der Waals surface area contributed by atoms with Crippen molar-refractivity contribution in [1.82, 2.24) is 20.4 Å². The first kappa shape index (κ1) is 19.5. The Balaban J connectivity index is 1.37. The minimum Gasteiger partial charge on any atom is -0.352 e. The predicted molar refractivity (Wildman–Crippen MR) is 93.9 cm³/mol. The third-order valence-electron chi connectivity index (χ3n) is 5.84. The van der Waals surface area contributed by atoms with Gasteiger partial charge >= 0.3 is 0 Å². The van der Waals surface area contributed by atoms with Gasteiger partial charge in [-0.05, 0) is 31.6 Å². The molecule has 2 saturated heterocycles. The number of nitrogens with zero attached hydrogens (tertiary/aromatic N) is 2. The fourth-order valence-corrected chi connectivity index (χ4v) is 4.12. The average molecular weight is 372 g/mol. The highest BCUT2D eigenvalue weighted by Crippen LogP contribution is 2.26. The van der Waals surface area contributed by atoms with Crippen LogP contribution in [0.5, 0.6) is 0 Å². The van der Waals surface area contributed by atoms with E-state index in [1.165, 1.54) is 12.8 Å². The van der Waals surface area contributed by atoms with Crippen LogP contribution in [-0.2, 0) is 9.59 Å². The van der Waals surface area contributed by atoms with Crippen molar-refractivity contribution in [2.45, 2.75) is 57.0 Å². The summed E-state index contributed by atoms with van der Waals surface area (Å²) in [5.41, 5.74) is 0. The predicted octanol–water partition coefficient (Wildman–Crippen LogP) is 0.823. The molecule has 0 spiro atoms. The Morgan fingerprint density at radius 3 is 2.35 bits per heavy atom. The maximum Gasteiger partial charge on any atom is 0.262 e. The number of carbonyl (C=O) groups is 2. The fraction of sp³-hybridized carbons (Fsp3) is 0.889. The minimum atomic E-state index is -2.79. The average Bonchev–Trinajstić information content (AvgIpc) is 2.97. The summed E-state index contributed by atoms with van der Waals surface area (Å²) >= 11 is 0. The molecule has 1 saturated carbocycles. The molecule has 0 bridgehead atoms. The lowest BCUT2D eigenvalue weighted by Gasteiger charge is -2.36. The van der Waals surface area contributed by atoms with Gasteiger partial charge in [0.25, 0.3) is 5.92 Å². The second-order valence-electron chi connectivity index (χ2n) is 8.12. The Labute approximate surface area is 153 Å². The quantitative estimate of drug-likeness (QED) is 0.767. The second kappa shape index (κ2) is 8.17. The van der Waals surface area contributed by atoms with Crippen LogP contribution in [-0.4, -0.2) is 78.9 Å². The number of carbonyl (C=O) groups excluding carboxylic acids is 2. The molecule has 2 aliphatic heterocycles. The number of hydrogen-bond acceptors (Lipinski definition) is 4. The van der Waals surface area contributed by atoms with Gasteiger partial charge in [0.2, 0.25) is 11.8 Å². The Morgan fingerprint density at radius 1 is 1.12 bits per heavy atom. The Morgan fingerprint density at radius 2 is 1.77 bits per heavy atom. The minimum absolute atomic E-state index is 0.0430. The van der Waals surface area contributed by atoms with Crippen LogP contribution in [0.15, 0.2) is 0 Å². The highest BCUT2D eigenvalue weighted by molar-refractivity contribution is 5.82.